The van der Waals surface area contributed by atoms with Crippen molar-refractivity contribution in [3.63, 3.8) is 0 Å². The molecule has 2 saturated heterocycles. The highest BCUT2D eigenvalue weighted by Gasteiger charge is 2.74. The maximum atomic E-state index is 14.3. The van der Waals surface area contributed by atoms with E-state index in [2.05, 4.69) is 28.2 Å². The normalized spacial score (nSPS) is 32.5. The molecule has 2 fully saturated rings. The van der Waals surface area contributed by atoms with Crippen LogP contribution < -0.4 is 5.32 Å². The lowest BCUT2D eigenvalue weighted by Crippen LogP contribution is -2.56. The maximum Gasteiger partial charge on any atom is 0.313 e. The third-order valence-corrected chi connectivity index (χ3v) is 9.24. The molecule has 226 valence electrons. The molecular formula is C31H38BrN3O7. The molecule has 4 aliphatic heterocycles. The zero-order valence-corrected chi connectivity index (χ0v) is 25.3. The number of hydrogen-bond donors (Lipinski definition) is 2. The number of aliphatic hydroxyl groups excluding tert-OH is 1. The number of nitrogens with one attached hydrogen (secondary N) is 1. The quantitative estimate of drug-likeness (QED) is 0.266. The van der Waals surface area contributed by atoms with Crippen molar-refractivity contribution in [2.45, 2.75) is 62.9 Å². The Bertz CT molecular complexity index is 1250. The van der Waals surface area contributed by atoms with Crippen LogP contribution >= 0.6 is 15.9 Å². The Morgan fingerprint density at radius 2 is 1.86 bits per heavy atom. The van der Waals surface area contributed by atoms with Gasteiger partial charge in [-0.1, -0.05) is 78.2 Å². The molecule has 10 nitrogen and oxygen atoms in total. The van der Waals surface area contributed by atoms with E-state index in [4.69, 9.17) is 9.47 Å². The molecule has 2 N–H and O–H groups in total. The van der Waals surface area contributed by atoms with Crippen LogP contribution in [0.5, 0.6) is 0 Å². The number of allylic oxidation sites excluding steroid dienone is 1. The van der Waals surface area contributed by atoms with Crippen molar-refractivity contribution in [2.24, 2.45) is 11.8 Å². The molecule has 0 saturated carbocycles. The van der Waals surface area contributed by atoms with Gasteiger partial charge < -0.3 is 29.7 Å². The summed E-state index contributed by atoms with van der Waals surface area (Å²) in [4.78, 5) is 58.0. The highest BCUT2D eigenvalue weighted by atomic mass is 79.9. The number of unbranched alkanes of at least 4 members (excludes halogenated alkanes) is 2. The minimum atomic E-state index is -1.38. The van der Waals surface area contributed by atoms with Gasteiger partial charge in [-0.25, -0.2) is 0 Å². The second-order valence-corrected chi connectivity index (χ2v) is 12.1. The first-order valence-electron chi connectivity index (χ1n) is 14.8. The van der Waals surface area contributed by atoms with E-state index in [9.17, 15) is 24.3 Å². The number of amides is 3. The van der Waals surface area contributed by atoms with Gasteiger partial charge in [-0.05, 0) is 24.5 Å². The molecule has 4 heterocycles. The predicted octanol–water partition coefficient (Wildman–Crippen LogP) is 2.62. The molecule has 5 rings (SSSR count). The Morgan fingerprint density at radius 3 is 2.60 bits per heavy atom. The number of ether oxygens (including phenoxy) is 2. The highest BCUT2D eigenvalue weighted by Crippen LogP contribution is 2.59. The summed E-state index contributed by atoms with van der Waals surface area (Å²) >= 11 is 3.55. The summed E-state index contributed by atoms with van der Waals surface area (Å²) in [5, 5.41) is 12.8. The van der Waals surface area contributed by atoms with E-state index >= 15 is 0 Å². The van der Waals surface area contributed by atoms with E-state index in [0.29, 0.717) is 29.6 Å². The SMILES string of the molecule is CCCCCN1C/C=C\CCC(=O)NC[C@H](c2ccccc2)OC(=O)[C@H]2[C@@H]3O[C@@]4(C=C3Br)[C@@H]2C(=O)N(CCO)[C@@H]4C1=O. The molecule has 3 amide bonds. The second-order valence-electron chi connectivity index (χ2n) is 11.2. The van der Waals surface area contributed by atoms with Crippen LogP contribution in [0, 0.1) is 11.8 Å². The molecule has 0 aliphatic carbocycles. The van der Waals surface area contributed by atoms with Crippen molar-refractivity contribution < 1.29 is 33.8 Å². The zero-order valence-electron chi connectivity index (χ0n) is 23.7. The van der Waals surface area contributed by atoms with E-state index in [1.165, 1.54) is 4.90 Å². The molecular weight excluding hydrogens is 606 g/mol. The van der Waals surface area contributed by atoms with Gasteiger partial charge in [0.2, 0.25) is 17.7 Å². The van der Waals surface area contributed by atoms with E-state index in [0.717, 1.165) is 19.3 Å². The largest absolute Gasteiger partial charge is 0.455 e. The number of likely N-dealkylation sites (tertiary alicyclic amines) is 1. The summed E-state index contributed by atoms with van der Waals surface area (Å²) in [6.07, 6.45) is 7.35. The molecule has 0 unspecified atom stereocenters. The first kappa shape index (κ1) is 30.4. The van der Waals surface area contributed by atoms with Crippen LogP contribution in [-0.2, 0) is 28.7 Å². The van der Waals surface area contributed by atoms with Crippen LogP contribution in [0.2, 0.25) is 0 Å². The molecule has 11 heteroatoms. The van der Waals surface area contributed by atoms with E-state index in [1.807, 2.05) is 42.5 Å². The van der Waals surface area contributed by atoms with Crippen LogP contribution in [-0.4, -0.2) is 89.1 Å². The van der Waals surface area contributed by atoms with Crippen LogP contribution in [0.15, 0.2) is 53.0 Å². The second kappa shape index (κ2) is 13.1. The lowest BCUT2D eigenvalue weighted by molar-refractivity contribution is -0.160. The van der Waals surface area contributed by atoms with Crippen molar-refractivity contribution in [3.05, 3.63) is 58.6 Å². The minimum Gasteiger partial charge on any atom is -0.455 e. The molecule has 4 aliphatic rings. The smallest absolute Gasteiger partial charge is 0.313 e. The number of hydrogen-bond acceptors (Lipinski definition) is 7. The van der Waals surface area contributed by atoms with E-state index in [1.54, 1.807) is 11.0 Å². The number of cyclic esters (lactones) is 1. The number of esters is 1. The van der Waals surface area contributed by atoms with Crippen molar-refractivity contribution >= 4 is 39.6 Å². The van der Waals surface area contributed by atoms with Gasteiger partial charge in [0.05, 0.1) is 19.1 Å². The maximum absolute atomic E-state index is 14.3. The zero-order chi connectivity index (χ0) is 29.9. The van der Waals surface area contributed by atoms with Gasteiger partial charge in [-0.3, -0.25) is 19.2 Å². The Morgan fingerprint density at radius 1 is 1.07 bits per heavy atom. The summed E-state index contributed by atoms with van der Waals surface area (Å²) in [6.45, 7) is 2.53. The number of carbonyl (C=O) groups excluding carboxylic acids is 4. The monoisotopic (exact) mass is 643 g/mol. The first-order valence-corrected chi connectivity index (χ1v) is 15.5. The fourth-order valence-corrected chi connectivity index (χ4v) is 7.31. The summed E-state index contributed by atoms with van der Waals surface area (Å²) in [6, 6.07) is 8.08. The Kier molecular flexibility index (Phi) is 9.49. The van der Waals surface area contributed by atoms with Crippen molar-refractivity contribution in [1.82, 2.24) is 15.1 Å². The number of β-amino-alcohol motifs (C(OH)–C–C–N with tert-alkyl or cyclic N) is 1. The van der Waals surface area contributed by atoms with Gasteiger partial charge in [-0.15, -0.1) is 0 Å². The van der Waals surface area contributed by atoms with Crippen LogP contribution in [0.4, 0.5) is 0 Å². The van der Waals surface area contributed by atoms with Crippen LogP contribution in [0.3, 0.4) is 0 Å². The highest BCUT2D eigenvalue weighted by molar-refractivity contribution is 9.11. The average molecular weight is 645 g/mol. The third kappa shape index (κ3) is 5.66. The lowest BCUT2D eigenvalue weighted by atomic mass is 9.74. The molecule has 1 aromatic rings. The summed E-state index contributed by atoms with van der Waals surface area (Å²) in [7, 11) is 0. The molecule has 0 aromatic heterocycles. The molecule has 5 bridgehead atoms. The summed E-state index contributed by atoms with van der Waals surface area (Å²) < 4.78 is 13.1. The number of aliphatic hydroxyl groups is 1. The molecule has 1 aromatic carbocycles. The molecule has 42 heavy (non-hydrogen) atoms. The van der Waals surface area contributed by atoms with Crippen LogP contribution in [0.25, 0.3) is 0 Å². The number of halogens is 1. The molecule has 6 atom stereocenters. The summed E-state index contributed by atoms with van der Waals surface area (Å²) in [5.74, 6) is -3.54. The van der Waals surface area contributed by atoms with Gasteiger partial charge in [0.15, 0.2) is 0 Å². The van der Waals surface area contributed by atoms with Gasteiger partial charge in [0.1, 0.15) is 29.8 Å². The van der Waals surface area contributed by atoms with E-state index < -0.39 is 47.6 Å². The Balaban J connectivity index is 1.55. The number of fused-ring (bicyclic) bond motifs is 2. The topological polar surface area (TPSA) is 125 Å². The fourth-order valence-electron chi connectivity index (χ4n) is 6.57. The average Bonchev–Trinajstić information content (AvgIpc) is 3.57. The van der Waals surface area contributed by atoms with Gasteiger partial charge in [-0.2, -0.15) is 0 Å². The number of nitrogens with zero attached hydrogens (tertiary/aromatic N) is 2. The lowest BCUT2D eigenvalue weighted by Gasteiger charge is -2.35. The minimum absolute atomic E-state index is 0.0634. The van der Waals surface area contributed by atoms with Crippen LogP contribution in [0.1, 0.15) is 50.7 Å². The Labute approximate surface area is 254 Å². The number of carbonyl (C=O) groups is 4. The van der Waals surface area contributed by atoms with Gasteiger partial charge in [0.25, 0.3) is 0 Å². The van der Waals surface area contributed by atoms with Gasteiger partial charge in [0, 0.05) is 30.5 Å². The number of benzene rings is 1. The Hall–Kier alpha value is -3.02. The van der Waals surface area contributed by atoms with Crippen molar-refractivity contribution in [2.75, 3.05) is 32.8 Å². The standard InChI is InChI=1S/C31H38BrN3O7/c1-2-3-9-14-34-15-10-5-8-13-23(37)33-19-22(20-11-6-4-7-12-20)41-30(40)24-25-28(38)35(16-17-36)27(29(34)39)31(25)18-21(32)26(24)42-31/h4-7,10-12,18,22,24-27,36H,2-3,8-9,13-17,19H2,1H3,(H,33,37)/b10-5-/t22-,24-,25+,26-,27-,31+/m1/s1. The summed E-state index contributed by atoms with van der Waals surface area (Å²) in [5.41, 5.74) is -0.680. The molecule has 1 spiro atoms. The first-order chi connectivity index (χ1) is 20.3. The van der Waals surface area contributed by atoms with Gasteiger partial charge >= 0.3 is 5.97 Å². The predicted molar refractivity (Wildman–Crippen MR) is 157 cm³/mol. The fraction of sp³-hybridized carbons (Fsp3) is 0.548. The van der Waals surface area contributed by atoms with E-state index in [-0.39, 0.29) is 37.9 Å². The number of rotatable bonds is 7. The molecule has 0 radical (unpaired) electrons. The van der Waals surface area contributed by atoms with Crippen molar-refractivity contribution in [1.29, 1.82) is 0 Å². The third-order valence-electron chi connectivity index (χ3n) is 8.56. The van der Waals surface area contributed by atoms with Crippen molar-refractivity contribution in [3.8, 4) is 0 Å².